The zero-order valence-electron chi connectivity index (χ0n) is 7.80. The summed E-state index contributed by atoms with van der Waals surface area (Å²) in [7, 11) is 0. The van der Waals surface area contributed by atoms with E-state index < -0.39 is 0 Å². The largest absolute Gasteiger partial charge is 0.486 e. The van der Waals surface area contributed by atoms with Gasteiger partial charge in [0.15, 0.2) is 10.3 Å². The van der Waals surface area contributed by atoms with Crippen LogP contribution in [0.25, 0.3) is 0 Å². The highest BCUT2D eigenvalue weighted by molar-refractivity contribution is 6.33. The molecule has 0 aromatic carbocycles. The predicted octanol–water partition coefficient (Wildman–Crippen LogP) is 2.33. The van der Waals surface area contributed by atoms with Crippen molar-refractivity contribution in [3.63, 3.8) is 0 Å². The van der Waals surface area contributed by atoms with Gasteiger partial charge in [-0.1, -0.05) is 23.2 Å². The quantitative estimate of drug-likeness (QED) is 0.705. The molecule has 80 valence electrons. The molecule has 3 rings (SSSR count). The summed E-state index contributed by atoms with van der Waals surface area (Å²) in [5.41, 5.74) is 0.158. The predicted molar refractivity (Wildman–Crippen MR) is 54.7 cm³/mol. The fraction of sp³-hybridized carbons (Fsp3) is 0.556. The number of rotatable bonds is 0. The van der Waals surface area contributed by atoms with Crippen molar-refractivity contribution in [1.82, 2.24) is 10.2 Å². The lowest BCUT2D eigenvalue weighted by molar-refractivity contribution is 0.197. The van der Waals surface area contributed by atoms with Crippen molar-refractivity contribution >= 4 is 23.2 Å². The molecule has 1 saturated carbocycles. The van der Waals surface area contributed by atoms with E-state index >= 15 is 0 Å². The summed E-state index contributed by atoms with van der Waals surface area (Å²) in [6.07, 6.45) is 2.24. The molecule has 0 radical (unpaired) electrons. The first-order valence-corrected chi connectivity index (χ1v) is 5.43. The topological polar surface area (TPSA) is 44.2 Å². The Kier molecular flexibility index (Phi) is 1.97. The highest BCUT2D eigenvalue weighted by atomic mass is 35.5. The van der Waals surface area contributed by atoms with Crippen LogP contribution in [-0.2, 0) is 0 Å². The summed E-state index contributed by atoms with van der Waals surface area (Å²) in [6, 6.07) is 0. The molecule has 1 aromatic heterocycles. The molecule has 1 aliphatic heterocycles. The second kappa shape index (κ2) is 3.12. The SMILES string of the molecule is Clc1nnc(Cl)c2c1OCC1(CC1)CO2. The number of halogens is 2. The van der Waals surface area contributed by atoms with Crippen molar-refractivity contribution in [1.29, 1.82) is 0 Å². The minimum Gasteiger partial charge on any atom is -0.486 e. The molecule has 6 heteroatoms. The molecule has 1 spiro atoms. The molecule has 0 unspecified atom stereocenters. The van der Waals surface area contributed by atoms with E-state index in [1.54, 1.807) is 0 Å². The molecule has 1 aliphatic carbocycles. The first-order chi connectivity index (χ1) is 7.20. The molecule has 0 N–H and O–H groups in total. The summed E-state index contributed by atoms with van der Waals surface area (Å²) in [5.74, 6) is 0.834. The second-order valence-corrected chi connectivity index (χ2v) is 4.73. The molecule has 0 atom stereocenters. The van der Waals surface area contributed by atoms with Gasteiger partial charge in [0.05, 0.1) is 13.2 Å². The van der Waals surface area contributed by atoms with Gasteiger partial charge < -0.3 is 9.47 Å². The van der Waals surface area contributed by atoms with Gasteiger partial charge in [-0.05, 0) is 12.8 Å². The van der Waals surface area contributed by atoms with Gasteiger partial charge in [-0.15, -0.1) is 10.2 Å². The van der Waals surface area contributed by atoms with Crippen molar-refractivity contribution in [2.45, 2.75) is 12.8 Å². The van der Waals surface area contributed by atoms with Crippen molar-refractivity contribution in [2.24, 2.45) is 5.41 Å². The Morgan fingerprint density at radius 2 is 1.40 bits per heavy atom. The summed E-state index contributed by atoms with van der Waals surface area (Å²) >= 11 is 11.7. The zero-order valence-corrected chi connectivity index (χ0v) is 9.31. The summed E-state index contributed by atoms with van der Waals surface area (Å²) in [6.45, 7) is 1.23. The fourth-order valence-electron chi connectivity index (χ4n) is 1.57. The van der Waals surface area contributed by atoms with Crippen LogP contribution >= 0.6 is 23.2 Å². The van der Waals surface area contributed by atoms with Crippen LogP contribution in [0.4, 0.5) is 0 Å². The first-order valence-electron chi connectivity index (χ1n) is 4.67. The summed E-state index contributed by atoms with van der Waals surface area (Å²) < 4.78 is 11.2. The van der Waals surface area contributed by atoms with Gasteiger partial charge in [0.2, 0.25) is 11.5 Å². The fourth-order valence-corrected chi connectivity index (χ4v) is 1.93. The number of aromatic nitrogens is 2. The van der Waals surface area contributed by atoms with Gasteiger partial charge in [0.1, 0.15) is 0 Å². The lowest BCUT2D eigenvalue weighted by Crippen LogP contribution is -2.17. The summed E-state index contributed by atoms with van der Waals surface area (Å²) in [5, 5.41) is 7.76. The van der Waals surface area contributed by atoms with Crippen LogP contribution < -0.4 is 9.47 Å². The minimum atomic E-state index is 0.158. The third-order valence-electron chi connectivity index (χ3n) is 2.81. The minimum absolute atomic E-state index is 0.158. The van der Waals surface area contributed by atoms with Gasteiger partial charge in [0.25, 0.3) is 0 Å². The molecular formula is C9H8Cl2N2O2. The van der Waals surface area contributed by atoms with Gasteiger partial charge in [-0.2, -0.15) is 0 Å². The Bertz CT molecular complexity index is 386. The highest BCUT2D eigenvalue weighted by Crippen LogP contribution is 2.50. The molecule has 15 heavy (non-hydrogen) atoms. The average Bonchev–Trinajstić information content (AvgIpc) is 3.01. The smallest absolute Gasteiger partial charge is 0.204 e. The molecule has 2 heterocycles. The number of hydrogen-bond acceptors (Lipinski definition) is 4. The maximum atomic E-state index is 5.86. The lowest BCUT2D eigenvalue weighted by atomic mass is 10.1. The van der Waals surface area contributed by atoms with Gasteiger partial charge in [-0.3, -0.25) is 0 Å². The van der Waals surface area contributed by atoms with Crippen molar-refractivity contribution < 1.29 is 9.47 Å². The van der Waals surface area contributed by atoms with E-state index in [0.717, 1.165) is 12.8 Å². The summed E-state index contributed by atoms with van der Waals surface area (Å²) in [4.78, 5) is 0. The Balaban J connectivity index is 2.02. The Morgan fingerprint density at radius 3 is 1.80 bits per heavy atom. The van der Waals surface area contributed by atoms with Crippen molar-refractivity contribution in [2.75, 3.05) is 13.2 Å². The zero-order chi connectivity index (χ0) is 10.5. The van der Waals surface area contributed by atoms with Crippen LogP contribution in [0.15, 0.2) is 0 Å². The van der Waals surface area contributed by atoms with Crippen molar-refractivity contribution in [3.8, 4) is 11.5 Å². The monoisotopic (exact) mass is 246 g/mol. The molecular weight excluding hydrogens is 239 g/mol. The van der Waals surface area contributed by atoms with E-state index in [0.29, 0.717) is 24.7 Å². The van der Waals surface area contributed by atoms with E-state index in [9.17, 15) is 0 Å². The van der Waals surface area contributed by atoms with Crippen LogP contribution in [0.3, 0.4) is 0 Å². The number of nitrogens with zero attached hydrogens (tertiary/aromatic N) is 2. The van der Waals surface area contributed by atoms with Crippen LogP contribution in [0, 0.1) is 5.41 Å². The van der Waals surface area contributed by atoms with Crippen LogP contribution in [0.5, 0.6) is 11.5 Å². The van der Waals surface area contributed by atoms with E-state index in [-0.39, 0.29) is 15.7 Å². The number of ether oxygens (including phenoxy) is 2. The maximum absolute atomic E-state index is 5.86. The Morgan fingerprint density at radius 1 is 0.933 bits per heavy atom. The molecule has 0 amide bonds. The van der Waals surface area contributed by atoms with Gasteiger partial charge in [-0.25, -0.2) is 0 Å². The normalized spacial score (nSPS) is 21.2. The Labute approximate surface area is 96.5 Å². The Hall–Kier alpha value is -0.740. The second-order valence-electron chi connectivity index (χ2n) is 4.02. The maximum Gasteiger partial charge on any atom is 0.204 e. The van der Waals surface area contributed by atoms with Crippen LogP contribution in [-0.4, -0.2) is 23.4 Å². The molecule has 1 fully saturated rings. The highest BCUT2D eigenvalue weighted by Gasteiger charge is 2.46. The van der Waals surface area contributed by atoms with E-state index in [2.05, 4.69) is 10.2 Å². The standard InChI is InChI=1S/C9H8Cl2N2O2/c10-7-5-6(8(11)13-12-7)15-4-9(1-2-9)3-14-5/h1-4H2. The van der Waals surface area contributed by atoms with Gasteiger partial charge >= 0.3 is 0 Å². The van der Waals surface area contributed by atoms with Crippen molar-refractivity contribution in [3.05, 3.63) is 10.3 Å². The molecule has 2 aliphatic rings. The van der Waals surface area contributed by atoms with Gasteiger partial charge in [0, 0.05) is 5.41 Å². The molecule has 0 bridgehead atoms. The number of fused-ring (bicyclic) bond motifs is 1. The van der Waals surface area contributed by atoms with E-state index in [1.807, 2.05) is 0 Å². The molecule has 4 nitrogen and oxygen atoms in total. The van der Waals surface area contributed by atoms with Crippen LogP contribution in [0.2, 0.25) is 10.3 Å². The first kappa shape index (κ1) is 9.48. The molecule has 0 saturated heterocycles. The third-order valence-corrected chi connectivity index (χ3v) is 3.30. The average molecular weight is 247 g/mol. The third kappa shape index (κ3) is 1.52. The van der Waals surface area contributed by atoms with E-state index in [4.69, 9.17) is 32.7 Å². The van der Waals surface area contributed by atoms with E-state index in [1.165, 1.54) is 0 Å². The number of hydrogen-bond donors (Lipinski definition) is 0. The lowest BCUT2D eigenvalue weighted by Gasteiger charge is -2.08. The molecule has 1 aromatic rings. The van der Waals surface area contributed by atoms with Crippen LogP contribution in [0.1, 0.15) is 12.8 Å².